The fraction of sp³-hybridized carbons (Fsp3) is 0.900. The van der Waals surface area contributed by atoms with Crippen molar-refractivity contribution in [1.82, 2.24) is 8.61 Å². The highest BCUT2D eigenvalue weighted by molar-refractivity contribution is 7.86. The maximum atomic E-state index is 12.1. The zero-order chi connectivity index (χ0) is 13.4. The molecule has 1 atom stereocenters. The summed E-state index contributed by atoms with van der Waals surface area (Å²) in [4.78, 5) is 11.3. The molecular formula is C10H20N2O4S. The molecule has 1 unspecified atom stereocenters. The van der Waals surface area contributed by atoms with Gasteiger partial charge in [-0.1, -0.05) is 13.8 Å². The molecular weight excluding hydrogens is 244 g/mol. The Labute approximate surface area is 102 Å². The molecule has 0 aromatic heterocycles. The summed E-state index contributed by atoms with van der Waals surface area (Å²) in [6.07, 6.45) is 1.40. The number of carboxylic acid groups (broad SMARTS) is 1. The van der Waals surface area contributed by atoms with Crippen LogP contribution in [0, 0.1) is 5.41 Å². The van der Waals surface area contributed by atoms with Gasteiger partial charge in [0.1, 0.15) is 6.04 Å². The summed E-state index contributed by atoms with van der Waals surface area (Å²) in [5, 5.41) is 9.26. The largest absolute Gasteiger partial charge is 0.480 e. The molecule has 0 aromatic rings. The zero-order valence-electron chi connectivity index (χ0n) is 10.7. The Kier molecular flexibility index (Phi) is 3.85. The van der Waals surface area contributed by atoms with Crippen molar-refractivity contribution in [2.24, 2.45) is 5.41 Å². The van der Waals surface area contributed by atoms with Crippen LogP contribution < -0.4 is 0 Å². The molecule has 1 N–H and O–H groups in total. The molecule has 1 aliphatic heterocycles. The van der Waals surface area contributed by atoms with Crippen LogP contribution in [0.15, 0.2) is 0 Å². The third-order valence-corrected chi connectivity index (χ3v) is 5.13. The van der Waals surface area contributed by atoms with Gasteiger partial charge in [0.05, 0.1) is 0 Å². The molecule has 17 heavy (non-hydrogen) atoms. The first-order chi connectivity index (χ1) is 7.60. The van der Waals surface area contributed by atoms with Crippen molar-refractivity contribution in [3.63, 3.8) is 0 Å². The van der Waals surface area contributed by atoms with Gasteiger partial charge in [0.25, 0.3) is 10.2 Å². The summed E-state index contributed by atoms with van der Waals surface area (Å²) in [5.74, 6) is -1.08. The molecule has 6 nitrogen and oxygen atoms in total. The van der Waals surface area contributed by atoms with Gasteiger partial charge in [-0.05, 0) is 18.3 Å². The quantitative estimate of drug-likeness (QED) is 0.798. The van der Waals surface area contributed by atoms with E-state index in [1.807, 2.05) is 0 Å². The smallest absolute Gasteiger partial charge is 0.322 e. The first-order valence-corrected chi connectivity index (χ1v) is 6.92. The van der Waals surface area contributed by atoms with Crippen LogP contribution in [0.1, 0.15) is 26.7 Å². The van der Waals surface area contributed by atoms with Crippen molar-refractivity contribution >= 4 is 16.2 Å². The van der Waals surface area contributed by atoms with Gasteiger partial charge in [0.2, 0.25) is 0 Å². The summed E-state index contributed by atoms with van der Waals surface area (Å²) in [6, 6.07) is -0.997. The van der Waals surface area contributed by atoms with E-state index < -0.39 is 27.6 Å². The normalized spacial score (nSPS) is 26.1. The van der Waals surface area contributed by atoms with Crippen LogP contribution in [0.25, 0.3) is 0 Å². The van der Waals surface area contributed by atoms with Crippen molar-refractivity contribution in [2.75, 3.05) is 20.6 Å². The predicted molar refractivity (Wildman–Crippen MR) is 63.8 cm³/mol. The summed E-state index contributed by atoms with van der Waals surface area (Å²) in [5.41, 5.74) is -0.548. The lowest BCUT2D eigenvalue weighted by molar-refractivity contribution is -0.147. The highest BCUT2D eigenvalue weighted by Gasteiger charge is 2.47. The number of hydrogen-bond donors (Lipinski definition) is 1. The van der Waals surface area contributed by atoms with Crippen molar-refractivity contribution in [1.29, 1.82) is 0 Å². The van der Waals surface area contributed by atoms with Crippen LogP contribution >= 0.6 is 0 Å². The van der Waals surface area contributed by atoms with Gasteiger partial charge in [-0.2, -0.15) is 17.0 Å². The fourth-order valence-corrected chi connectivity index (χ4v) is 3.68. The molecule has 1 saturated heterocycles. The topological polar surface area (TPSA) is 77.9 Å². The van der Waals surface area contributed by atoms with Crippen LogP contribution in [0.4, 0.5) is 0 Å². The minimum absolute atomic E-state index is 0.265. The average Bonchev–Trinajstić information content (AvgIpc) is 2.14. The van der Waals surface area contributed by atoms with Crippen LogP contribution in [-0.4, -0.2) is 54.8 Å². The molecule has 0 saturated carbocycles. The van der Waals surface area contributed by atoms with Gasteiger partial charge < -0.3 is 5.11 Å². The molecule has 0 spiro atoms. The monoisotopic (exact) mass is 264 g/mol. The second-order valence-electron chi connectivity index (χ2n) is 5.23. The molecule has 1 aliphatic rings. The number of nitrogens with zero attached hydrogens (tertiary/aromatic N) is 2. The number of aliphatic carboxylic acids is 1. The standard InChI is InChI=1S/C10H20N2O4S/c1-10(2)6-5-7-12(8(10)9(13)14)17(15,16)11(3)4/h8H,5-7H2,1-4H3,(H,13,14). The van der Waals surface area contributed by atoms with E-state index in [0.717, 1.165) is 8.61 Å². The molecule has 0 bridgehead atoms. The average molecular weight is 264 g/mol. The molecule has 1 rings (SSSR count). The van der Waals surface area contributed by atoms with Crippen molar-refractivity contribution in [3.05, 3.63) is 0 Å². The summed E-state index contributed by atoms with van der Waals surface area (Å²) in [6.45, 7) is 3.85. The first-order valence-electron chi connectivity index (χ1n) is 5.53. The van der Waals surface area contributed by atoms with Crippen LogP contribution in [0.3, 0.4) is 0 Å². The van der Waals surface area contributed by atoms with Crippen LogP contribution in [-0.2, 0) is 15.0 Å². The summed E-state index contributed by atoms with van der Waals surface area (Å²) < 4.78 is 26.3. The number of carboxylic acids is 1. The molecule has 1 heterocycles. The Morgan fingerprint density at radius 3 is 2.35 bits per heavy atom. The Morgan fingerprint density at radius 2 is 1.94 bits per heavy atom. The van der Waals surface area contributed by atoms with E-state index in [0.29, 0.717) is 12.8 Å². The number of piperidine rings is 1. The second-order valence-corrected chi connectivity index (χ2v) is 7.33. The van der Waals surface area contributed by atoms with Crippen molar-refractivity contribution in [2.45, 2.75) is 32.7 Å². The molecule has 1 fully saturated rings. The van der Waals surface area contributed by atoms with Crippen molar-refractivity contribution in [3.8, 4) is 0 Å². The number of hydrogen-bond acceptors (Lipinski definition) is 3. The van der Waals surface area contributed by atoms with E-state index in [1.54, 1.807) is 13.8 Å². The molecule has 7 heteroatoms. The molecule has 100 valence electrons. The zero-order valence-corrected chi connectivity index (χ0v) is 11.5. The highest BCUT2D eigenvalue weighted by atomic mass is 32.2. The third kappa shape index (κ3) is 2.61. The summed E-state index contributed by atoms with van der Waals surface area (Å²) in [7, 11) is -0.854. The van der Waals surface area contributed by atoms with Gasteiger partial charge >= 0.3 is 5.97 Å². The minimum Gasteiger partial charge on any atom is -0.480 e. The van der Waals surface area contributed by atoms with Gasteiger partial charge in [-0.15, -0.1) is 0 Å². The first kappa shape index (κ1) is 14.4. The maximum absolute atomic E-state index is 12.1. The van der Waals surface area contributed by atoms with Crippen LogP contribution in [0.5, 0.6) is 0 Å². The Hall–Kier alpha value is -0.660. The highest BCUT2D eigenvalue weighted by Crippen LogP contribution is 2.36. The molecule has 0 aromatic carbocycles. The van der Waals surface area contributed by atoms with E-state index >= 15 is 0 Å². The number of rotatable bonds is 3. The molecule has 0 radical (unpaired) electrons. The van der Waals surface area contributed by atoms with E-state index in [4.69, 9.17) is 0 Å². The summed E-state index contributed by atoms with van der Waals surface area (Å²) >= 11 is 0. The van der Waals surface area contributed by atoms with Crippen LogP contribution in [0.2, 0.25) is 0 Å². The minimum atomic E-state index is -3.68. The Balaban J connectivity index is 3.18. The maximum Gasteiger partial charge on any atom is 0.322 e. The lowest BCUT2D eigenvalue weighted by Crippen LogP contribution is -2.58. The van der Waals surface area contributed by atoms with E-state index in [-0.39, 0.29) is 6.54 Å². The SMILES string of the molecule is CN(C)S(=O)(=O)N1CCCC(C)(C)C1C(=O)O. The predicted octanol–water partition coefficient (Wildman–Crippen LogP) is 0.368. The molecule has 0 amide bonds. The Bertz CT molecular complexity index is 403. The van der Waals surface area contributed by atoms with Gasteiger partial charge in [-0.25, -0.2) is 0 Å². The van der Waals surface area contributed by atoms with E-state index in [2.05, 4.69) is 0 Å². The van der Waals surface area contributed by atoms with E-state index in [1.165, 1.54) is 14.1 Å². The van der Waals surface area contributed by atoms with Gasteiger partial charge in [0.15, 0.2) is 0 Å². The number of carbonyl (C=O) groups is 1. The van der Waals surface area contributed by atoms with Gasteiger partial charge in [0, 0.05) is 20.6 Å². The Morgan fingerprint density at radius 1 is 1.41 bits per heavy atom. The lowest BCUT2D eigenvalue weighted by atomic mass is 9.77. The molecule has 0 aliphatic carbocycles. The third-order valence-electron chi connectivity index (χ3n) is 3.22. The lowest BCUT2D eigenvalue weighted by Gasteiger charge is -2.43. The van der Waals surface area contributed by atoms with Gasteiger partial charge in [-0.3, -0.25) is 4.79 Å². The second kappa shape index (κ2) is 4.55. The van der Waals surface area contributed by atoms with E-state index in [9.17, 15) is 18.3 Å². The van der Waals surface area contributed by atoms with Crippen molar-refractivity contribution < 1.29 is 18.3 Å². The fourth-order valence-electron chi connectivity index (χ4n) is 2.26.